The Balaban J connectivity index is 1.62. The molecule has 0 fully saturated rings. The molecule has 0 heterocycles. The molecule has 0 aliphatic carbocycles. The minimum absolute atomic E-state index is 0.0892. The van der Waals surface area contributed by atoms with Crippen molar-refractivity contribution in [1.82, 2.24) is 0 Å². The van der Waals surface area contributed by atoms with Crippen LogP contribution in [0.4, 0.5) is 4.39 Å². The molecule has 0 atom stereocenters. The number of unbranched alkanes of at least 4 members (excludes halogenated alkanes) is 7. The maximum Gasteiger partial charge on any atom is 0.338 e. The Morgan fingerprint density at radius 3 is 2.17 bits per heavy atom. The molecule has 30 heavy (non-hydrogen) atoms. The van der Waals surface area contributed by atoms with Crippen LogP contribution in [0.5, 0.6) is 11.5 Å². The van der Waals surface area contributed by atoms with E-state index in [1.165, 1.54) is 44.2 Å². The van der Waals surface area contributed by atoms with Crippen molar-refractivity contribution < 1.29 is 23.4 Å². The first-order chi connectivity index (χ1) is 14.7. The average Bonchev–Trinajstić information content (AvgIpc) is 2.77. The zero-order chi connectivity index (χ0) is 21.4. The molecule has 2 aromatic carbocycles. The van der Waals surface area contributed by atoms with Crippen LogP contribution in [0, 0.1) is 5.82 Å². The summed E-state index contributed by atoms with van der Waals surface area (Å²) in [5.41, 5.74) is 0.194. The first-order valence-electron chi connectivity index (χ1n) is 11.0. The SMILES string of the molecule is CCCCCCCCCCOC(=O)c1ccc(OCCOc2ccccc2)c(F)c1. The van der Waals surface area contributed by atoms with Gasteiger partial charge in [0.25, 0.3) is 0 Å². The third-order valence-corrected chi connectivity index (χ3v) is 4.75. The largest absolute Gasteiger partial charge is 0.490 e. The van der Waals surface area contributed by atoms with E-state index in [2.05, 4.69) is 6.92 Å². The summed E-state index contributed by atoms with van der Waals surface area (Å²) in [6, 6.07) is 13.5. The van der Waals surface area contributed by atoms with Crippen LogP contribution < -0.4 is 9.47 Å². The van der Waals surface area contributed by atoms with Gasteiger partial charge in [-0.15, -0.1) is 0 Å². The maximum atomic E-state index is 14.2. The molecule has 164 valence electrons. The number of hydrogen-bond donors (Lipinski definition) is 0. The highest BCUT2D eigenvalue weighted by Crippen LogP contribution is 2.19. The second-order valence-electron chi connectivity index (χ2n) is 7.27. The summed E-state index contributed by atoms with van der Waals surface area (Å²) < 4.78 is 30.4. The fourth-order valence-electron chi connectivity index (χ4n) is 3.06. The lowest BCUT2D eigenvalue weighted by Gasteiger charge is -2.10. The van der Waals surface area contributed by atoms with E-state index in [0.717, 1.165) is 31.1 Å². The van der Waals surface area contributed by atoms with Crippen molar-refractivity contribution in [3.05, 3.63) is 59.9 Å². The lowest BCUT2D eigenvalue weighted by Crippen LogP contribution is -2.11. The van der Waals surface area contributed by atoms with Gasteiger partial charge >= 0.3 is 5.97 Å². The van der Waals surface area contributed by atoms with Crippen LogP contribution in [0.1, 0.15) is 68.6 Å². The molecule has 5 heteroatoms. The molecule has 0 aliphatic heterocycles. The summed E-state index contributed by atoms with van der Waals surface area (Å²) in [6.07, 6.45) is 9.42. The zero-order valence-electron chi connectivity index (χ0n) is 17.9. The fraction of sp³-hybridized carbons (Fsp3) is 0.480. The number of carbonyl (C=O) groups is 1. The lowest BCUT2D eigenvalue weighted by atomic mass is 10.1. The van der Waals surface area contributed by atoms with E-state index >= 15 is 0 Å². The molecule has 2 rings (SSSR count). The van der Waals surface area contributed by atoms with Crippen LogP contribution in [0.3, 0.4) is 0 Å². The van der Waals surface area contributed by atoms with E-state index in [1.807, 2.05) is 30.3 Å². The smallest absolute Gasteiger partial charge is 0.338 e. The Labute approximate surface area is 179 Å². The maximum absolute atomic E-state index is 14.2. The summed E-state index contributed by atoms with van der Waals surface area (Å²) >= 11 is 0. The number of para-hydroxylation sites is 1. The zero-order valence-corrected chi connectivity index (χ0v) is 17.9. The lowest BCUT2D eigenvalue weighted by molar-refractivity contribution is 0.0497. The predicted octanol–water partition coefficient (Wildman–Crippen LogP) is 6.58. The van der Waals surface area contributed by atoms with Crippen LogP contribution in [-0.2, 0) is 4.74 Å². The fourth-order valence-corrected chi connectivity index (χ4v) is 3.06. The van der Waals surface area contributed by atoms with Gasteiger partial charge in [0.1, 0.15) is 19.0 Å². The van der Waals surface area contributed by atoms with Gasteiger partial charge in [0.15, 0.2) is 11.6 Å². The number of hydrogen-bond acceptors (Lipinski definition) is 4. The molecule has 0 saturated carbocycles. The molecule has 0 aromatic heterocycles. The Morgan fingerprint density at radius 2 is 1.47 bits per heavy atom. The quantitative estimate of drug-likeness (QED) is 0.243. The molecule has 0 saturated heterocycles. The normalized spacial score (nSPS) is 10.6. The monoisotopic (exact) mass is 416 g/mol. The van der Waals surface area contributed by atoms with Gasteiger partial charge in [0.2, 0.25) is 0 Å². The number of carbonyl (C=O) groups excluding carboxylic acids is 1. The highest BCUT2D eigenvalue weighted by atomic mass is 19.1. The van der Waals surface area contributed by atoms with Crippen LogP contribution in [0.25, 0.3) is 0 Å². The molecular weight excluding hydrogens is 383 g/mol. The Bertz CT molecular complexity index is 733. The number of esters is 1. The van der Waals surface area contributed by atoms with Crippen molar-refractivity contribution in [2.24, 2.45) is 0 Å². The molecule has 0 amide bonds. The Kier molecular flexibility index (Phi) is 11.4. The van der Waals surface area contributed by atoms with Gasteiger partial charge in [0, 0.05) is 0 Å². The second-order valence-corrected chi connectivity index (χ2v) is 7.27. The summed E-state index contributed by atoms with van der Waals surface area (Å²) in [4.78, 5) is 12.1. The Morgan fingerprint density at radius 1 is 0.800 bits per heavy atom. The van der Waals surface area contributed by atoms with Gasteiger partial charge in [0.05, 0.1) is 12.2 Å². The first-order valence-corrected chi connectivity index (χ1v) is 11.0. The van der Waals surface area contributed by atoms with Gasteiger partial charge in [-0.3, -0.25) is 0 Å². The Hall–Kier alpha value is -2.56. The molecule has 0 spiro atoms. The van der Waals surface area contributed by atoms with Crippen LogP contribution >= 0.6 is 0 Å². The van der Waals surface area contributed by atoms with Crippen LogP contribution in [0.15, 0.2) is 48.5 Å². The van der Waals surface area contributed by atoms with Gasteiger partial charge in [-0.2, -0.15) is 0 Å². The topological polar surface area (TPSA) is 44.8 Å². The van der Waals surface area contributed by atoms with Crippen molar-refractivity contribution in [3.8, 4) is 11.5 Å². The molecule has 2 aromatic rings. The number of rotatable bonds is 15. The number of ether oxygens (including phenoxy) is 3. The van der Waals surface area contributed by atoms with Crippen molar-refractivity contribution >= 4 is 5.97 Å². The molecular formula is C25H33FO4. The number of halogens is 1. The van der Waals surface area contributed by atoms with E-state index in [4.69, 9.17) is 14.2 Å². The van der Waals surface area contributed by atoms with Gasteiger partial charge < -0.3 is 14.2 Å². The minimum Gasteiger partial charge on any atom is -0.490 e. The van der Waals surface area contributed by atoms with E-state index in [1.54, 1.807) is 0 Å². The van der Waals surface area contributed by atoms with E-state index in [9.17, 15) is 9.18 Å². The molecule has 0 radical (unpaired) electrons. The van der Waals surface area contributed by atoms with Crippen molar-refractivity contribution in [1.29, 1.82) is 0 Å². The van der Waals surface area contributed by atoms with Crippen molar-refractivity contribution in [2.45, 2.75) is 58.3 Å². The van der Waals surface area contributed by atoms with Gasteiger partial charge in [-0.1, -0.05) is 70.1 Å². The molecule has 0 N–H and O–H groups in total. The molecule has 4 nitrogen and oxygen atoms in total. The summed E-state index contributed by atoms with van der Waals surface area (Å²) in [5.74, 6) is -0.269. The van der Waals surface area contributed by atoms with E-state index in [0.29, 0.717) is 13.2 Å². The van der Waals surface area contributed by atoms with Crippen LogP contribution in [0.2, 0.25) is 0 Å². The molecule has 0 unspecified atom stereocenters. The molecule has 0 aliphatic rings. The van der Waals surface area contributed by atoms with Crippen molar-refractivity contribution in [2.75, 3.05) is 19.8 Å². The summed E-state index contributed by atoms with van der Waals surface area (Å²) in [5, 5.41) is 0. The van der Waals surface area contributed by atoms with Crippen molar-refractivity contribution in [3.63, 3.8) is 0 Å². The highest BCUT2D eigenvalue weighted by molar-refractivity contribution is 5.89. The van der Waals surface area contributed by atoms with E-state index < -0.39 is 11.8 Å². The van der Waals surface area contributed by atoms with Gasteiger partial charge in [-0.05, 0) is 36.8 Å². The average molecular weight is 417 g/mol. The minimum atomic E-state index is -0.587. The summed E-state index contributed by atoms with van der Waals surface area (Å²) in [7, 11) is 0. The molecule has 0 bridgehead atoms. The third-order valence-electron chi connectivity index (χ3n) is 4.75. The standard InChI is InChI=1S/C25H33FO4/c1-2-3-4-5-6-7-8-12-17-30-25(27)21-15-16-24(23(26)20-21)29-19-18-28-22-13-10-9-11-14-22/h9-11,13-16,20H,2-8,12,17-19H2,1H3. The first kappa shape index (κ1) is 23.7. The van der Waals surface area contributed by atoms with Gasteiger partial charge in [-0.25, -0.2) is 9.18 Å². The highest BCUT2D eigenvalue weighted by Gasteiger charge is 2.12. The van der Waals surface area contributed by atoms with Crippen LogP contribution in [-0.4, -0.2) is 25.8 Å². The number of benzene rings is 2. The summed E-state index contributed by atoms with van der Waals surface area (Å²) in [6.45, 7) is 3.08. The third kappa shape index (κ3) is 9.29. The van der Waals surface area contributed by atoms with E-state index in [-0.39, 0.29) is 17.9 Å². The predicted molar refractivity (Wildman–Crippen MR) is 117 cm³/mol. The second kappa shape index (κ2) is 14.4.